The lowest BCUT2D eigenvalue weighted by Crippen LogP contribution is -2.13. The zero-order valence-corrected chi connectivity index (χ0v) is 17.3. The van der Waals surface area contributed by atoms with E-state index < -0.39 is 0 Å². The van der Waals surface area contributed by atoms with E-state index in [4.69, 9.17) is 19.9 Å². The molecule has 0 aliphatic rings. The number of nitrogen functional groups attached to an aromatic ring is 1. The molecule has 0 aliphatic heterocycles. The van der Waals surface area contributed by atoms with Crippen molar-refractivity contribution < 1.29 is 19.0 Å². The number of ether oxygens (including phenoxy) is 3. The molecule has 0 radical (unpaired) electrons. The van der Waals surface area contributed by atoms with E-state index in [1.54, 1.807) is 39.5 Å². The first-order valence-corrected chi connectivity index (χ1v) is 8.98. The first kappa shape index (κ1) is 21.2. The number of benzene rings is 2. The normalized spacial score (nSPS) is 11.1. The second-order valence-electron chi connectivity index (χ2n) is 6.47. The van der Waals surface area contributed by atoms with Crippen molar-refractivity contribution in [3.8, 4) is 17.2 Å². The Morgan fingerprint density at radius 1 is 1.07 bits per heavy atom. The van der Waals surface area contributed by atoms with E-state index in [-0.39, 0.29) is 5.78 Å². The SMILES string of the molecule is CCC(=Cc1cc(OC)cc(OC)c1OC)C(=O)c1ccc(N)c(N(C)C)c1. The Morgan fingerprint density at radius 2 is 1.79 bits per heavy atom. The van der Waals surface area contributed by atoms with Gasteiger partial charge in [-0.05, 0) is 36.8 Å². The van der Waals surface area contributed by atoms with Crippen molar-refractivity contribution in [2.45, 2.75) is 13.3 Å². The lowest BCUT2D eigenvalue weighted by molar-refractivity contribution is 0.103. The number of hydrogen-bond donors (Lipinski definition) is 1. The minimum Gasteiger partial charge on any atom is -0.497 e. The summed E-state index contributed by atoms with van der Waals surface area (Å²) in [4.78, 5) is 15.0. The Balaban J connectivity index is 2.55. The highest BCUT2D eigenvalue weighted by atomic mass is 16.5. The first-order valence-electron chi connectivity index (χ1n) is 8.98. The van der Waals surface area contributed by atoms with Gasteiger partial charge in [0.25, 0.3) is 0 Å². The van der Waals surface area contributed by atoms with E-state index in [2.05, 4.69) is 0 Å². The molecule has 0 unspecified atom stereocenters. The summed E-state index contributed by atoms with van der Waals surface area (Å²) in [6, 6.07) is 8.87. The Morgan fingerprint density at radius 3 is 2.32 bits per heavy atom. The number of nitrogens with zero attached hydrogens (tertiary/aromatic N) is 1. The fourth-order valence-corrected chi connectivity index (χ4v) is 2.97. The first-order chi connectivity index (χ1) is 13.4. The Kier molecular flexibility index (Phi) is 6.93. The Labute approximate surface area is 166 Å². The van der Waals surface area contributed by atoms with Crippen LogP contribution >= 0.6 is 0 Å². The third-order valence-electron chi connectivity index (χ3n) is 4.49. The van der Waals surface area contributed by atoms with Crippen molar-refractivity contribution in [1.29, 1.82) is 0 Å². The summed E-state index contributed by atoms with van der Waals surface area (Å²) >= 11 is 0. The maximum absolute atomic E-state index is 13.1. The van der Waals surface area contributed by atoms with E-state index in [0.717, 1.165) is 5.69 Å². The quantitative estimate of drug-likeness (QED) is 0.421. The molecule has 28 heavy (non-hydrogen) atoms. The van der Waals surface area contributed by atoms with Crippen molar-refractivity contribution in [2.75, 3.05) is 46.1 Å². The van der Waals surface area contributed by atoms with Crippen LogP contribution < -0.4 is 24.8 Å². The van der Waals surface area contributed by atoms with Crippen LogP contribution in [0.1, 0.15) is 29.3 Å². The second-order valence-corrected chi connectivity index (χ2v) is 6.47. The summed E-state index contributed by atoms with van der Waals surface area (Å²) in [7, 11) is 8.50. The monoisotopic (exact) mass is 384 g/mol. The molecule has 0 fully saturated rings. The summed E-state index contributed by atoms with van der Waals surface area (Å²) in [5.74, 6) is 1.65. The van der Waals surface area contributed by atoms with Gasteiger partial charge in [-0.15, -0.1) is 0 Å². The van der Waals surface area contributed by atoms with Crippen molar-refractivity contribution in [3.05, 3.63) is 47.0 Å². The molecule has 150 valence electrons. The number of hydrogen-bond acceptors (Lipinski definition) is 6. The zero-order chi connectivity index (χ0) is 20.8. The molecule has 0 amide bonds. The van der Waals surface area contributed by atoms with Crippen LogP contribution in [0.4, 0.5) is 11.4 Å². The van der Waals surface area contributed by atoms with Gasteiger partial charge in [-0.1, -0.05) is 6.92 Å². The van der Waals surface area contributed by atoms with E-state index in [1.807, 2.05) is 44.1 Å². The highest BCUT2D eigenvalue weighted by Crippen LogP contribution is 2.37. The fraction of sp³-hybridized carbons (Fsp3) is 0.318. The molecule has 0 spiro atoms. The molecular formula is C22H28N2O4. The van der Waals surface area contributed by atoms with Crippen molar-refractivity contribution >= 4 is 23.2 Å². The zero-order valence-electron chi connectivity index (χ0n) is 17.3. The number of carbonyl (C=O) groups excluding carboxylic acids is 1. The molecule has 2 rings (SSSR count). The fourth-order valence-electron chi connectivity index (χ4n) is 2.97. The molecule has 6 heteroatoms. The van der Waals surface area contributed by atoms with Gasteiger partial charge >= 0.3 is 0 Å². The Bertz CT molecular complexity index is 888. The third-order valence-corrected chi connectivity index (χ3v) is 4.49. The highest BCUT2D eigenvalue weighted by Gasteiger charge is 2.17. The van der Waals surface area contributed by atoms with Crippen molar-refractivity contribution in [2.24, 2.45) is 0 Å². The summed E-state index contributed by atoms with van der Waals surface area (Å²) < 4.78 is 16.2. The maximum atomic E-state index is 13.1. The van der Waals surface area contributed by atoms with Gasteiger partial charge in [0.1, 0.15) is 5.75 Å². The van der Waals surface area contributed by atoms with Crippen molar-refractivity contribution in [1.82, 2.24) is 0 Å². The number of ketones is 1. The standard InChI is InChI=1S/C22H28N2O4/c1-7-14(21(25)15-8-9-18(23)19(12-15)24(2)3)10-16-11-17(26-4)13-20(27-5)22(16)28-6/h8-13H,7,23H2,1-6H3. The number of nitrogens with two attached hydrogens (primary N) is 1. The largest absolute Gasteiger partial charge is 0.497 e. The van der Waals surface area contributed by atoms with Gasteiger partial charge in [0.15, 0.2) is 17.3 Å². The molecule has 2 aromatic rings. The van der Waals surface area contributed by atoms with Gasteiger partial charge in [-0.3, -0.25) is 4.79 Å². The van der Waals surface area contributed by atoms with Crippen LogP contribution in [0.25, 0.3) is 6.08 Å². The number of carbonyl (C=O) groups is 1. The van der Waals surface area contributed by atoms with Gasteiger partial charge in [-0.25, -0.2) is 0 Å². The van der Waals surface area contributed by atoms with Crippen LogP contribution in [0.15, 0.2) is 35.9 Å². The lowest BCUT2D eigenvalue weighted by Gasteiger charge is -2.17. The predicted octanol–water partition coefficient (Wildman–Crippen LogP) is 4.04. The molecule has 2 N–H and O–H groups in total. The molecule has 0 saturated heterocycles. The molecule has 2 aromatic carbocycles. The number of methoxy groups -OCH3 is 3. The van der Waals surface area contributed by atoms with Crippen LogP contribution in [-0.2, 0) is 0 Å². The number of rotatable bonds is 8. The molecule has 0 saturated carbocycles. The van der Waals surface area contributed by atoms with Gasteiger partial charge < -0.3 is 24.8 Å². The minimum absolute atomic E-state index is 0.0607. The molecule has 6 nitrogen and oxygen atoms in total. The molecular weight excluding hydrogens is 356 g/mol. The summed E-state index contributed by atoms with van der Waals surface area (Å²) in [6.45, 7) is 1.94. The van der Waals surface area contributed by atoms with Crippen molar-refractivity contribution in [3.63, 3.8) is 0 Å². The molecule has 0 aliphatic carbocycles. The highest BCUT2D eigenvalue weighted by molar-refractivity contribution is 6.12. The molecule has 0 aromatic heterocycles. The summed E-state index contributed by atoms with van der Waals surface area (Å²) in [6.07, 6.45) is 2.38. The van der Waals surface area contributed by atoms with E-state index in [0.29, 0.717) is 46.1 Å². The number of Topliss-reactive ketones (excluding diaryl/α,β-unsaturated/α-hetero) is 1. The summed E-state index contributed by atoms with van der Waals surface area (Å²) in [5.41, 5.74) is 9.39. The smallest absolute Gasteiger partial charge is 0.189 e. The average Bonchev–Trinajstić information content (AvgIpc) is 2.70. The van der Waals surface area contributed by atoms with Crippen LogP contribution in [0.5, 0.6) is 17.2 Å². The number of anilines is 2. The van der Waals surface area contributed by atoms with Gasteiger partial charge in [-0.2, -0.15) is 0 Å². The van der Waals surface area contributed by atoms with E-state index in [1.165, 1.54) is 0 Å². The average molecular weight is 384 g/mol. The van der Waals surface area contributed by atoms with Crippen LogP contribution in [-0.4, -0.2) is 41.2 Å². The topological polar surface area (TPSA) is 74.0 Å². The van der Waals surface area contributed by atoms with Crippen LogP contribution in [0, 0.1) is 0 Å². The third kappa shape index (κ3) is 4.39. The van der Waals surface area contributed by atoms with Crippen LogP contribution in [0.2, 0.25) is 0 Å². The molecule has 0 bridgehead atoms. The van der Waals surface area contributed by atoms with Gasteiger partial charge in [0, 0.05) is 36.9 Å². The van der Waals surface area contributed by atoms with Gasteiger partial charge in [0.2, 0.25) is 0 Å². The van der Waals surface area contributed by atoms with E-state index in [9.17, 15) is 4.79 Å². The maximum Gasteiger partial charge on any atom is 0.189 e. The van der Waals surface area contributed by atoms with Gasteiger partial charge in [0.05, 0.1) is 32.7 Å². The molecule has 0 atom stereocenters. The van der Waals surface area contributed by atoms with Crippen LogP contribution in [0.3, 0.4) is 0 Å². The second kappa shape index (κ2) is 9.17. The van der Waals surface area contributed by atoms with E-state index >= 15 is 0 Å². The predicted molar refractivity (Wildman–Crippen MR) is 114 cm³/mol. The molecule has 0 heterocycles. The lowest BCUT2D eigenvalue weighted by atomic mass is 9.97. The number of allylic oxidation sites excluding steroid dienone is 1. The summed E-state index contributed by atoms with van der Waals surface area (Å²) in [5, 5.41) is 0. The minimum atomic E-state index is -0.0607. The Hall–Kier alpha value is -3.15.